The molecule has 2 atom stereocenters. The van der Waals surface area contributed by atoms with Crippen LogP contribution in [0.1, 0.15) is 34.7 Å². The largest absolute Gasteiger partial charge is 0.354 e. The van der Waals surface area contributed by atoms with Crippen LogP contribution in [0.4, 0.5) is 0 Å². The average Bonchev–Trinajstić information content (AvgIpc) is 2.73. The Hall–Kier alpha value is -0.870. The van der Waals surface area contributed by atoms with Gasteiger partial charge in [-0.25, -0.2) is 0 Å². The maximum atomic E-state index is 11.1. The van der Waals surface area contributed by atoms with Crippen molar-refractivity contribution in [2.45, 2.75) is 39.3 Å². The maximum absolute atomic E-state index is 11.1. The van der Waals surface area contributed by atoms with Gasteiger partial charge in [0.05, 0.1) is 0 Å². The number of rotatable bonds is 3. The number of carbonyl (C=O) groups excluding carboxylic acids is 1. The summed E-state index contributed by atoms with van der Waals surface area (Å²) in [6, 6.07) is 2.84. The average molecular weight is 238 g/mol. The van der Waals surface area contributed by atoms with Crippen molar-refractivity contribution in [3.05, 3.63) is 21.4 Å². The van der Waals surface area contributed by atoms with Gasteiger partial charge in [0.25, 0.3) is 0 Å². The molecule has 0 aliphatic carbocycles. The van der Waals surface area contributed by atoms with Crippen LogP contribution in [0.5, 0.6) is 0 Å². The highest BCUT2D eigenvalue weighted by Gasteiger charge is 2.23. The fraction of sp³-hybridized carbons (Fsp3) is 0.583. The van der Waals surface area contributed by atoms with Crippen molar-refractivity contribution in [1.29, 1.82) is 0 Å². The zero-order chi connectivity index (χ0) is 11.7. The van der Waals surface area contributed by atoms with E-state index in [1.54, 1.807) is 0 Å². The molecule has 3 nitrogen and oxygen atoms in total. The second kappa shape index (κ2) is 4.55. The van der Waals surface area contributed by atoms with E-state index in [1.165, 1.54) is 15.3 Å². The first-order valence-electron chi connectivity index (χ1n) is 5.66. The number of hydrogen-bond donors (Lipinski definition) is 2. The standard InChI is InChI=1S/C12H18N2OS/c1-7-4-11(9(3)16-7)8(2)14-10-5-12(15)13-6-10/h4,8,10,14H,5-6H2,1-3H3,(H,13,15). The van der Waals surface area contributed by atoms with Crippen LogP contribution < -0.4 is 10.6 Å². The van der Waals surface area contributed by atoms with Gasteiger partial charge >= 0.3 is 0 Å². The second-order valence-electron chi connectivity index (χ2n) is 4.46. The van der Waals surface area contributed by atoms with Gasteiger partial charge in [-0.05, 0) is 32.4 Å². The maximum Gasteiger partial charge on any atom is 0.221 e. The molecule has 0 bridgehead atoms. The zero-order valence-electron chi connectivity index (χ0n) is 9.96. The molecule has 1 aromatic heterocycles. The Morgan fingerprint density at radius 1 is 1.56 bits per heavy atom. The highest BCUT2D eigenvalue weighted by Crippen LogP contribution is 2.26. The molecule has 1 amide bonds. The van der Waals surface area contributed by atoms with Crippen molar-refractivity contribution in [3.8, 4) is 0 Å². The van der Waals surface area contributed by atoms with E-state index in [0.717, 1.165) is 6.54 Å². The molecule has 1 fully saturated rings. The van der Waals surface area contributed by atoms with E-state index in [2.05, 4.69) is 37.5 Å². The Bertz CT molecular complexity index is 400. The SMILES string of the molecule is Cc1cc(C(C)NC2CNC(=O)C2)c(C)s1. The number of hydrogen-bond acceptors (Lipinski definition) is 3. The van der Waals surface area contributed by atoms with Crippen LogP contribution >= 0.6 is 11.3 Å². The van der Waals surface area contributed by atoms with Crippen LogP contribution in [-0.2, 0) is 4.79 Å². The molecule has 88 valence electrons. The molecule has 0 aromatic carbocycles. The van der Waals surface area contributed by atoms with Crippen molar-refractivity contribution >= 4 is 17.2 Å². The fourth-order valence-electron chi connectivity index (χ4n) is 2.25. The van der Waals surface area contributed by atoms with E-state index in [1.807, 2.05) is 11.3 Å². The fourth-order valence-corrected chi connectivity index (χ4v) is 3.27. The van der Waals surface area contributed by atoms with Crippen LogP contribution in [0.3, 0.4) is 0 Å². The van der Waals surface area contributed by atoms with Crippen molar-refractivity contribution in [2.24, 2.45) is 0 Å². The summed E-state index contributed by atoms with van der Waals surface area (Å²) in [6.07, 6.45) is 0.604. The first-order chi connectivity index (χ1) is 7.56. The van der Waals surface area contributed by atoms with E-state index in [9.17, 15) is 4.79 Å². The predicted octanol–water partition coefficient (Wildman–Crippen LogP) is 1.90. The van der Waals surface area contributed by atoms with Gasteiger partial charge in [0.1, 0.15) is 0 Å². The third-order valence-electron chi connectivity index (χ3n) is 3.01. The first kappa shape index (κ1) is 11.6. The zero-order valence-corrected chi connectivity index (χ0v) is 10.8. The third kappa shape index (κ3) is 2.44. The number of nitrogens with one attached hydrogen (secondary N) is 2. The molecule has 0 radical (unpaired) electrons. The molecule has 1 aliphatic heterocycles. The summed E-state index contributed by atoms with van der Waals surface area (Å²) >= 11 is 1.83. The molecule has 1 aliphatic rings. The van der Waals surface area contributed by atoms with Crippen molar-refractivity contribution in [3.63, 3.8) is 0 Å². The number of amides is 1. The highest BCUT2D eigenvalue weighted by molar-refractivity contribution is 7.12. The van der Waals surface area contributed by atoms with Gasteiger partial charge in [0.2, 0.25) is 5.91 Å². The predicted molar refractivity (Wildman–Crippen MR) is 66.8 cm³/mol. The molecule has 0 spiro atoms. The summed E-state index contributed by atoms with van der Waals surface area (Å²) in [4.78, 5) is 13.8. The van der Waals surface area contributed by atoms with E-state index in [0.29, 0.717) is 12.5 Å². The number of carbonyl (C=O) groups is 1. The van der Waals surface area contributed by atoms with Crippen molar-refractivity contribution in [2.75, 3.05) is 6.54 Å². The Morgan fingerprint density at radius 2 is 2.31 bits per heavy atom. The molecular weight excluding hydrogens is 220 g/mol. The minimum absolute atomic E-state index is 0.155. The summed E-state index contributed by atoms with van der Waals surface area (Å²) in [5.74, 6) is 0.155. The minimum atomic E-state index is 0.155. The normalized spacial score (nSPS) is 22.2. The lowest BCUT2D eigenvalue weighted by atomic mass is 10.1. The topological polar surface area (TPSA) is 41.1 Å². The first-order valence-corrected chi connectivity index (χ1v) is 6.47. The van der Waals surface area contributed by atoms with Crippen molar-refractivity contribution < 1.29 is 4.79 Å². The van der Waals surface area contributed by atoms with E-state index >= 15 is 0 Å². The van der Waals surface area contributed by atoms with Crippen molar-refractivity contribution in [1.82, 2.24) is 10.6 Å². The Balaban J connectivity index is 2.00. The molecule has 4 heteroatoms. The van der Waals surface area contributed by atoms with Gasteiger partial charge < -0.3 is 10.6 Å². The van der Waals surface area contributed by atoms with Crippen LogP contribution in [-0.4, -0.2) is 18.5 Å². The van der Waals surface area contributed by atoms with E-state index in [-0.39, 0.29) is 11.9 Å². The molecule has 1 saturated heterocycles. The summed E-state index contributed by atoms with van der Waals surface area (Å²) < 4.78 is 0. The quantitative estimate of drug-likeness (QED) is 0.844. The second-order valence-corrected chi connectivity index (χ2v) is 5.92. The van der Waals surface area contributed by atoms with E-state index < -0.39 is 0 Å². The van der Waals surface area contributed by atoms with Gasteiger partial charge in [-0.3, -0.25) is 4.79 Å². The van der Waals surface area contributed by atoms with Gasteiger partial charge in [-0.1, -0.05) is 0 Å². The summed E-state index contributed by atoms with van der Waals surface area (Å²) in [7, 11) is 0. The molecule has 2 rings (SSSR count). The lowest BCUT2D eigenvalue weighted by Crippen LogP contribution is -2.33. The number of thiophene rings is 1. The molecule has 2 unspecified atom stereocenters. The lowest BCUT2D eigenvalue weighted by molar-refractivity contribution is -0.119. The smallest absolute Gasteiger partial charge is 0.221 e. The third-order valence-corrected chi connectivity index (χ3v) is 3.99. The van der Waals surface area contributed by atoms with Crippen LogP contribution in [0.2, 0.25) is 0 Å². The molecule has 0 saturated carbocycles. The molecule has 2 heterocycles. The Kier molecular flexibility index (Phi) is 3.30. The Labute approximate surface area is 100 Å². The van der Waals surface area contributed by atoms with Crippen LogP contribution in [0, 0.1) is 13.8 Å². The van der Waals surface area contributed by atoms with E-state index in [4.69, 9.17) is 0 Å². The molecule has 1 aromatic rings. The summed E-state index contributed by atoms with van der Waals surface area (Å²) in [6.45, 7) is 7.21. The minimum Gasteiger partial charge on any atom is -0.354 e. The van der Waals surface area contributed by atoms with Crippen LogP contribution in [0.25, 0.3) is 0 Å². The van der Waals surface area contributed by atoms with Gasteiger partial charge in [0.15, 0.2) is 0 Å². The van der Waals surface area contributed by atoms with Gasteiger partial charge in [0, 0.05) is 34.8 Å². The number of aryl methyl sites for hydroxylation is 2. The van der Waals surface area contributed by atoms with Crippen LogP contribution in [0.15, 0.2) is 6.07 Å². The molecule has 2 N–H and O–H groups in total. The molecular formula is C12H18N2OS. The summed E-state index contributed by atoms with van der Waals surface area (Å²) in [5.41, 5.74) is 1.36. The van der Waals surface area contributed by atoms with Gasteiger partial charge in [-0.15, -0.1) is 11.3 Å². The lowest BCUT2D eigenvalue weighted by Gasteiger charge is -2.18. The monoisotopic (exact) mass is 238 g/mol. The van der Waals surface area contributed by atoms with Gasteiger partial charge in [-0.2, -0.15) is 0 Å². The molecule has 16 heavy (non-hydrogen) atoms. The summed E-state index contributed by atoms with van der Waals surface area (Å²) in [5, 5.41) is 6.35. The highest BCUT2D eigenvalue weighted by atomic mass is 32.1. The Morgan fingerprint density at radius 3 is 2.81 bits per heavy atom.